The number of anilines is 1. The van der Waals surface area contributed by atoms with Gasteiger partial charge in [0.2, 0.25) is 0 Å². The fourth-order valence-electron chi connectivity index (χ4n) is 5.05. The predicted molar refractivity (Wildman–Crippen MR) is 190 cm³/mol. The molecule has 3 heterocycles. The number of hydrogen-bond acceptors (Lipinski definition) is 9. The van der Waals surface area contributed by atoms with Crippen LogP contribution >= 0.6 is 0 Å². The molecule has 3 aromatic heterocycles. The summed E-state index contributed by atoms with van der Waals surface area (Å²) in [6.45, 7) is 9.49. The van der Waals surface area contributed by atoms with Crippen LogP contribution in [0.15, 0.2) is 115 Å². The molecule has 260 valence electrons. The second-order valence-corrected chi connectivity index (χ2v) is 11.4. The molecule has 0 aliphatic carbocycles. The number of hydrogen-bond donors (Lipinski definition) is 1. The summed E-state index contributed by atoms with van der Waals surface area (Å²) in [4.78, 5) is 24.1. The van der Waals surface area contributed by atoms with Crippen LogP contribution in [0, 0.1) is 6.92 Å². The fraction of sp³-hybridized carbons (Fsp3) is 0.250. The van der Waals surface area contributed by atoms with Crippen LogP contribution in [0.25, 0.3) is 11.0 Å². The number of fused-ring (bicyclic) bond motifs is 1. The van der Waals surface area contributed by atoms with Crippen LogP contribution in [0.5, 0.6) is 23.0 Å². The zero-order valence-corrected chi connectivity index (χ0v) is 29.0. The van der Waals surface area contributed by atoms with E-state index in [4.69, 9.17) is 32.2 Å². The van der Waals surface area contributed by atoms with Crippen molar-refractivity contribution in [3.8, 4) is 23.0 Å². The molecule has 3 aromatic carbocycles. The van der Waals surface area contributed by atoms with Gasteiger partial charge >= 0.3 is 11.7 Å². The lowest BCUT2D eigenvalue weighted by molar-refractivity contribution is 0.0958. The highest BCUT2D eigenvalue weighted by Crippen LogP contribution is 2.36. The Balaban J connectivity index is 0.000000228. The van der Waals surface area contributed by atoms with E-state index in [-0.39, 0.29) is 6.10 Å². The molecule has 1 amide bonds. The highest BCUT2D eigenvalue weighted by atomic mass is 16.6. The smallest absolute Gasteiger partial charge is 0.412 e. The van der Waals surface area contributed by atoms with Gasteiger partial charge in [0.25, 0.3) is 0 Å². The van der Waals surface area contributed by atoms with Crippen LogP contribution in [-0.2, 0) is 22.3 Å². The average molecular weight is 680 g/mol. The minimum Gasteiger partial charge on any atom is -0.459 e. The third kappa shape index (κ3) is 9.03. The molecule has 6 aromatic rings. The lowest BCUT2D eigenvalue weighted by atomic mass is 10.1. The summed E-state index contributed by atoms with van der Waals surface area (Å²) in [6.07, 6.45) is 0.0125. The number of amides is 1. The molecule has 0 bridgehead atoms. The zero-order chi connectivity index (χ0) is 35.6. The molecule has 0 radical (unpaired) electrons. The standard InChI is InChI=1S/C25H23NO6.C15H18O3/c1-4-18-14-22(30-19-8-6-5-7-9-19)24(31-18)16(3)29-25(28)26-17-10-11-20-15(2)12-23(27)32-21(20)13-17;1-4-12-10-14(15(18-12)11(2)16-3)17-13-8-6-5-7-9-13/h5-14,16H,4H2,1-3H3,(H,26,28);5-11H,4H2,1-3H3. The van der Waals surface area contributed by atoms with Crippen LogP contribution in [0.3, 0.4) is 0 Å². The molecular weight excluding hydrogens is 638 g/mol. The second kappa shape index (κ2) is 16.6. The minimum absolute atomic E-state index is 0.121. The van der Waals surface area contributed by atoms with Gasteiger partial charge in [0.05, 0.1) is 0 Å². The number of ether oxygens (including phenoxy) is 4. The van der Waals surface area contributed by atoms with Crippen molar-refractivity contribution >= 4 is 22.7 Å². The summed E-state index contributed by atoms with van der Waals surface area (Å²) in [5, 5.41) is 3.45. The van der Waals surface area contributed by atoms with Crippen molar-refractivity contribution in [3.63, 3.8) is 0 Å². The van der Waals surface area contributed by atoms with Gasteiger partial charge in [-0.1, -0.05) is 50.2 Å². The maximum atomic E-state index is 12.5. The SMILES string of the molecule is CCc1cc(Oc2ccccc2)c(C(C)OC(=O)Nc2ccc3c(C)cc(=O)oc3c2)o1.CCc1cc(Oc2ccccc2)c(C(C)OC)o1. The van der Waals surface area contributed by atoms with Gasteiger partial charge in [0.15, 0.2) is 29.1 Å². The Bertz CT molecular complexity index is 2060. The Labute approximate surface area is 290 Å². The molecule has 0 aliphatic rings. The molecule has 0 saturated heterocycles. The van der Waals surface area contributed by atoms with Crippen LogP contribution in [0.1, 0.15) is 68.5 Å². The number of furan rings is 2. The molecule has 10 nitrogen and oxygen atoms in total. The number of carbonyl (C=O) groups excluding carboxylic acids is 1. The number of carbonyl (C=O) groups is 1. The second-order valence-electron chi connectivity index (χ2n) is 11.4. The fourth-order valence-corrected chi connectivity index (χ4v) is 5.05. The maximum Gasteiger partial charge on any atom is 0.412 e. The van der Waals surface area contributed by atoms with E-state index in [9.17, 15) is 9.59 Å². The van der Waals surface area contributed by atoms with Gasteiger partial charge in [-0.2, -0.15) is 0 Å². The van der Waals surface area contributed by atoms with Crippen LogP contribution in [-0.4, -0.2) is 13.2 Å². The third-order valence-electron chi connectivity index (χ3n) is 7.76. The van der Waals surface area contributed by atoms with Gasteiger partial charge in [-0.15, -0.1) is 0 Å². The topological polar surface area (TPSA) is 123 Å². The molecule has 10 heteroatoms. The number of nitrogens with one attached hydrogen (secondary N) is 1. The van der Waals surface area contributed by atoms with Crippen LogP contribution in [0.4, 0.5) is 10.5 Å². The Morgan fingerprint density at radius 2 is 1.26 bits per heavy atom. The molecule has 0 aliphatic heterocycles. The number of benzene rings is 3. The van der Waals surface area contributed by atoms with E-state index in [1.165, 1.54) is 6.07 Å². The van der Waals surface area contributed by atoms with E-state index >= 15 is 0 Å². The molecule has 50 heavy (non-hydrogen) atoms. The summed E-state index contributed by atoms with van der Waals surface area (Å²) in [6, 6.07) is 29.2. The molecule has 2 unspecified atom stereocenters. The van der Waals surface area contributed by atoms with Crippen molar-refractivity contribution in [1.29, 1.82) is 0 Å². The number of rotatable bonds is 11. The van der Waals surface area contributed by atoms with E-state index in [0.717, 1.165) is 46.2 Å². The first-order valence-electron chi connectivity index (χ1n) is 16.4. The first-order valence-corrected chi connectivity index (χ1v) is 16.4. The zero-order valence-electron chi connectivity index (χ0n) is 29.0. The van der Waals surface area contributed by atoms with E-state index in [2.05, 4.69) is 5.32 Å². The van der Waals surface area contributed by atoms with Gasteiger partial charge in [-0.3, -0.25) is 5.32 Å². The first-order chi connectivity index (χ1) is 24.2. The minimum atomic E-state index is -0.699. The van der Waals surface area contributed by atoms with Gasteiger partial charge < -0.3 is 32.2 Å². The van der Waals surface area contributed by atoms with E-state index < -0.39 is 17.8 Å². The van der Waals surface area contributed by atoms with Crippen molar-refractivity contribution in [2.24, 2.45) is 0 Å². The number of para-hydroxylation sites is 2. The Morgan fingerprint density at radius 1 is 0.720 bits per heavy atom. The summed E-state index contributed by atoms with van der Waals surface area (Å²) in [7, 11) is 1.66. The predicted octanol–water partition coefficient (Wildman–Crippen LogP) is 10.7. The van der Waals surface area contributed by atoms with Gasteiger partial charge in [0, 0.05) is 55.3 Å². The normalized spacial score (nSPS) is 12.0. The molecule has 0 fully saturated rings. The summed E-state index contributed by atoms with van der Waals surface area (Å²) < 4.78 is 39.4. The number of aryl methyl sites for hydroxylation is 3. The lowest BCUT2D eigenvalue weighted by Crippen LogP contribution is -2.16. The summed E-state index contributed by atoms with van der Waals surface area (Å²) >= 11 is 0. The Hall–Kier alpha value is -5.74. The average Bonchev–Trinajstić information content (AvgIpc) is 3.72. The van der Waals surface area contributed by atoms with Crippen molar-refractivity contribution in [1.82, 2.24) is 0 Å². The van der Waals surface area contributed by atoms with Gasteiger partial charge in [0.1, 0.15) is 34.7 Å². The maximum absolute atomic E-state index is 12.5. The lowest BCUT2D eigenvalue weighted by Gasteiger charge is -2.14. The van der Waals surface area contributed by atoms with Gasteiger partial charge in [-0.25, -0.2) is 9.59 Å². The molecule has 6 rings (SSSR count). The number of methoxy groups -OCH3 is 1. The largest absolute Gasteiger partial charge is 0.459 e. The molecule has 2 atom stereocenters. The summed E-state index contributed by atoms with van der Waals surface area (Å²) in [5.74, 6) is 5.46. The molecule has 0 saturated carbocycles. The highest BCUT2D eigenvalue weighted by molar-refractivity contribution is 5.90. The highest BCUT2D eigenvalue weighted by Gasteiger charge is 2.23. The monoisotopic (exact) mass is 679 g/mol. The summed E-state index contributed by atoms with van der Waals surface area (Å²) in [5.41, 5.74) is 1.18. The van der Waals surface area contributed by atoms with E-state index in [0.29, 0.717) is 35.0 Å². The van der Waals surface area contributed by atoms with E-state index in [1.807, 2.05) is 94.4 Å². The Kier molecular flexibility index (Phi) is 11.8. The quantitative estimate of drug-likeness (QED) is 0.133. The Morgan fingerprint density at radius 3 is 1.78 bits per heavy atom. The third-order valence-corrected chi connectivity index (χ3v) is 7.76. The molecular formula is C40H41NO9. The van der Waals surface area contributed by atoms with Crippen molar-refractivity contribution in [2.45, 2.75) is 59.7 Å². The molecule has 0 spiro atoms. The van der Waals surface area contributed by atoms with Crippen molar-refractivity contribution in [2.75, 3.05) is 12.4 Å². The van der Waals surface area contributed by atoms with Crippen LogP contribution in [0.2, 0.25) is 0 Å². The van der Waals surface area contributed by atoms with Crippen molar-refractivity contribution in [3.05, 3.63) is 136 Å². The van der Waals surface area contributed by atoms with Gasteiger partial charge in [-0.05, 0) is 62.7 Å². The molecule has 1 N–H and O–H groups in total. The van der Waals surface area contributed by atoms with Crippen LogP contribution < -0.4 is 20.4 Å². The first kappa shape index (κ1) is 35.6. The van der Waals surface area contributed by atoms with Crippen molar-refractivity contribution < 1.29 is 37.0 Å². The van der Waals surface area contributed by atoms with E-state index in [1.54, 1.807) is 38.3 Å².